The van der Waals surface area contributed by atoms with Crippen LogP contribution in [0.3, 0.4) is 0 Å². The fourth-order valence-corrected chi connectivity index (χ4v) is 4.66. The lowest BCUT2D eigenvalue weighted by Crippen LogP contribution is -2.54. The van der Waals surface area contributed by atoms with Crippen LogP contribution in [0.2, 0.25) is 0 Å². The van der Waals surface area contributed by atoms with Gasteiger partial charge in [0.05, 0.1) is 19.3 Å². The molecule has 1 saturated carbocycles. The highest BCUT2D eigenvalue weighted by Gasteiger charge is 2.36. The Hall–Kier alpha value is -0.650. The molecule has 5 heteroatoms. The lowest BCUT2D eigenvalue weighted by Gasteiger charge is -2.45. The number of hydrogen-bond acceptors (Lipinski definition) is 4. The number of nitrogens with zero attached hydrogens (tertiary/aromatic N) is 3. The van der Waals surface area contributed by atoms with Gasteiger partial charge in [0.15, 0.2) is 0 Å². The van der Waals surface area contributed by atoms with E-state index in [0.29, 0.717) is 18.5 Å². The maximum Gasteiger partial charge on any atom is 0.237 e. The van der Waals surface area contributed by atoms with Gasteiger partial charge in [-0.1, -0.05) is 12.8 Å². The van der Waals surface area contributed by atoms with Gasteiger partial charge in [0.1, 0.15) is 0 Å². The summed E-state index contributed by atoms with van der Waals surface area (Å²) in [4.78, 5) is 19.6. The normalized spacial score (nSPS) is 32.8. The van der Waals surface area contributed by atoms with Crippen LogP contribution in [0, 0.1) is 5.92 Å². The topological polar surface area (TPSA) is 36.0 Å². The molecule has 3 atom stereocenters. The van der Waals surface area contributed by atoms with Crippen LogP contribution in [0.4, 0.5) is 0 Å². The molecular weight excluding hydrogens is 290 g/mol. The quantitative estimate of drug-likeness (QED) is 0.784. The average molecular weight is 323 g/mol. The number of amides is 1. The highest BCUT2D eigenvalue weighted by atomic mass is 16.5. The van der Waals surface area contributed by atoms with Gasteiger partial charge >= 0.3 is 0 Å². The summed E-state index contributed by atoms with van der Waals surface area (Å²) in [5.41, 5.74) is 0. The molecule has 3 fully saturated rings. The first-order chi connectivity index (χ1) is 11.1. The van der Waals surface area contributed by atoms with E-state index < -0.39 is 0 Å². The van der Waals surface area contributed by atoms with E-state index in [9.17, 15) is 4.79 Å². The Morgan fingerprint density at radius 1 is 1.13 bits per heavy atom. The third-order valence-corrected chi connectivity index (χ3v) is 5.71. The molecule has 0 radical (unpaired) electrons. The summed E-state index contributed by atoms with van der Waals surface area (Å²) >= 11 is 0. The molecule has 0 spiro atoms. The minimum absolute atomic E-state index is 0.232. The van der Waals surface area contributed by atoms with E-state index in [0.717, 1.165) is 38.7 Å². The number of piperidine rings is 1. The Morgan fingerprint density at radius 3 is 2.74 bits per heavy atom. The lowest BCUT2D eigenvalue weighted by atomic mass is 9.78. The zero-order valence-electron chi connectivity index (χ0n) is 14.9. The third kappa shape index (κ3) is 4.46. The summed E-state index contributed by atoms with van der Waals surface area (Å²) in [6.45, 7) is 5.00. The van der Waals surface area contributed by atoms with E-state index in [1.807, 2.05) is 0 Å². The van der Waals surface area contributed by atoms with Gasteiger partial charge in [-0.3, -0.25) is 9.69 Å². The van der Waals surface area contributed by atoms with Crippen molar-refractivity contribution in [2.45, 2.75) is 50.7 Å². The summed E-state index contributed by atoms with van der Waals surface area (Å²) in [6.07, 6.45) is 7.97. The van der Waals surface area contributed by atoms with Crippen LogP contribution >= 0.6 is 0 Å². The molecule has 5 nitrogen and oxygen atoms in total. The second kappa shape index (κ2) is 7.95. The number of fused-ring (bicyclic) bond motifs is 1. The number of ether oxygens (including phenoxy) is 1. The van der Waals surface area contributed by atoms with Crippen LogP contribution in [-0.4, -0.2) is 86.2 Å². The predicted molar refractivity (Wildman–Crippen MR) is 91.4 cm³/mol. The monoisotopic (exact) mass is 323 g/mol. The number of likely N-dealkylation sites (tertiary alicyclic amines) is 1. The molecule has 0 N–H and O–H groups in total. The van der Waals surface area contributed by atoms with Gasteiger partial charge in [0.25, 0.3) is 0 Å². The van der Waals surface area contributed by atoms with Crippen molar-refractivity contribution >= 4 is 5.91 Å². The molecule has 0 aromatic carbocycles. The van der Waals surface area contributed by atoms with Crippen molar-refractivity contribution < 1.29 is 9.53 Å². The Morgan fingerprint density at radius 2 is 1.91 bits per heavy atom. The van der Waals surface area contributed by atoms with Crippen LogP contribution in [0.25, 0.3) is 0 Å². The second-order valence-corrected chi connectivity index (χ2v) is 7.83. The summed E-state index contributed by atoms with van der Waals surface area (Å²) in [7, 11) is 4.15. The molecule has 3 unspecified atom stereocenters. The summed E-state index contributed by atoms with van der Waals surface area (Å²) in [5, 5.41) is 0. The third-order valence-electron chi connectivity index (χ3n) is 5.71. The number of rotatable bonds is 4. The molecule has 0 bridgehead atoms. The molecule has 1 aliphatic carbocycles. The second-order valence-electron chi connectivity index (χ2n) is 7.83. The van der Waals surface area contributed by atoms with Crippen LogP contribution in [0.1, 0.15) is 38.5 Å². The van der Waals surface area contributed by atoms with E-state index in [1.54, 1.807) is 0 Å². The first-order valence-electron chi connectivity index (χ1n) is 9.41. The fourth-order valence-electron chi connectivity index (χ4n) is 4.66. The van der Waals surface area contributed by atoms with Gasteiger partial charge < -0.3 is 14.5 Å². The Balaban J connectivity index is 1.53. The number of morpholine rings is 1. The lowest BCUT2D eigenvalue weighted by molar-refractivity contribution is -0.140. The van der Waals surface area contributed by atoms with Gasteiger partial charge in [-0.15, -0.1) is 0 Å². The standard InChI is InChI=1S/C18H33N3O2/c1-19(2)12-16-13-20(10-11-23-16)14-18(22)21-9-5-7-15-6-3-4-8-17(15)21/h15-17H,3-14H2,1-2H3. The van der Waals surface area contributed by atoms with Crippen LogP contribution < -0.4 is 0 Å². The maximum absolute atomic E-state index is 12.9. The van der Waals surface area contributed by atoms with E-state index in [-0.39, 0.29) is 6.10 Å². The Labute approximate surface area is 140 Å². The van der Waals surface area contributed by atoms with Crippen molar-refractivity contribution in [3.05, 3.63) is 0 Å². The molecule has 3 aliphatic rings. The number of hydrogen-bond donors (Lipinski definition) is 0. The summed E-state index contributed by atoms with van der Waals surface area (Å²) < 4.78 is 5.82. The number of carbonyl (C=O) groups is 1. The molecule has 2 saturated heterocycles. The van der Waals surface area contributed by atoms with Crippen LogP contribution in [-0.2, 0) is 9.53 Å². The van der Waals surface area contributed by atoms with Gasteiger partial charge in [-0.2, -0.15) is 0 Å². The Kier molecular flexibility index (Phi) is 5.94. The zero-order chi connectivity index (χ0) is 16.2. The largest absolute Gasteiger partial charge is 0.374 e. The molecule has 1 amide bonds. The molecule has 132 valence electrons. The molecule has 23 heavy (non-hydrogen) atoms. The molecular formula is C18H33N3O2. The van der Waals surface area contributed by atoms with Crippen molar-refractivity contribution in [2.75, 3.05) is 53.4 Å². The van der Waals surface area contributed by atoms with Crippen molar-refractivity contribution in [1.82, 2.24) is 14.7 Å². The highest BCUT2D eigenvalue weighted by Crippen LogP contribution is 2.35. The fraction of sp³-hybridized carbons (Fsp3) is 0.944. The van der Waals surface area contributed by atoms with Gasteiger partial charge in [0, 0.05) is 32.2 Å². The minimum atomic E-state index is 0.232. The molecule has 0 aromatic rings. The molecule has 3 rings (SSSR count). The van der Waals surface area contributed by atoms with Gasteiger partial charge in [-0.25, -0.2) is 0 Å². The smallest absolute Gasteiger partial charge is 0.237 e. The highest BCUT2D eigenvalue weighted by molar-refractivity contribution is 5.78. The molecule has 0 aromatic heterocycles. The summed E-state index contributed by atoms with van der Waals surface area (Å²) in [6, 6.07) is 0.531. The van der Waals surface area contributed by atoms with Gasteiger partial charge in [-0.05, 0) is 45.7 Å². The van der Waals surface area contributed by atoms with Crippen molar-refractivity contribution in [3.63, 3.8) is 0 Å². The minimum Gasteiger partial charge on any atom is -0.374 e. The van der Waals surface area contributed by atoms with E-state index in [1.165, 1.54) is 38.5 Å². The molecule has 2 heterocycles. The van der Waals surface area contributed by atoms with Crippen LogP contribution in [0.5, 0.6) is 0 Å². The van der Waals surface area contributed by atoms with Crippen molar-refractivity contribution in [3.8, 4) is 0 Å². The number of likely N-dealkylation sites (N-methyl/N-ethyl adjacent to an activating group) is 1. The Bertz CT molecular complexity index is 400. The van der Waals surface area contributed by atoms with Gasteiger partial charge in [0.2, 0.25) is 5.91 Å². The first-order valence-corrected chi connectivity index (χ1v) is 9.41. The first kappa shape index (κ1) is 17.2. The van der Waals surface area contributed by atoms with E-state index >= 15 is 0 Å². The SMILES string of the molecule is CN(C)CC1CN(CC(=O)N2CCCC3CCCCC32)CCO1. The molecule has 2 aliphatic heterocycles. The number of carbonyl (C=O) groups excluding carboxylic acids is 1. The van der Waals surface area contributed by atoms with Crippen LogP contribution in [0.15, 0.2) is 0 Å². The van der Waals surface area contributed by atoms with E-state index in [2.05, 4.69) is 28.8 Å². The summed E-state index contributed by atoms with van der Waals surface area (Å²) in [5.74, 6) is 1.12. The van der Waals surface area contributed by atoms with E-state index in [4.69, 9.17) is 4.74 Å². The average Bonchev–Trinajstić information content (AvgIpc) is 2.54. The predicted octanol–water partition coefficient (Wildman–Crippen LogP) is 1.43. The van der Waals surface area contributed by atoms with Crippen molar-refractivity contribution in [1.29, 1.82) is 0 Å². The zero-order valence-corrected chi connectivity index (χ0v) is 14.9. The maximum atomic E-state index is 12.9. The van der Waals surface area contributed by atoms with Crippen molar-refractivity contribution in [2.24, 2.45) is 5.92 Å².